The fourth-order valence-corrected chi connectivity index (χ4v) is 4.62. The lowest BCUT2D eigenvalue weighted by atomic mass is 10.1. The quantitative estimate of drug-likeness (QED) is 0.237. The number of nitrogens with zero attached hydrogens (tertiary/aromatic N) is 2. The highest BCUT2D eigenvalue weighted by Gasteiger charge is 2.29. The summed E-state index contributed by atoms with van der Waals surface area (Å²) in [5, 5.41) is 4.14. The van der Waals surface area contributed by atoms with Crippen LogP contribution < -0.4 is 14.5 Å². The number of hydrogen-bond acceptors (Lipinski definition) is 5. The maximum absolute atomic E-state index is 12.8. The van der Waals surface area contributed by atoms with Gasteiger partial charge in [0.2, 0.25) is 10.0 Å². The Labute approximate surface area is 207 Å². The van der Waals surface area contributed by atoms with Gasteiger partial charge < -0.3 is 4.74 Å². The van der Waals surface area contributed by atoms with E-state index in [1.165, 1.54) is 6.92 Å². The molecule has 0 spiro atoms. The summed E-state index contributed by atoms with van der Waals surface area (Å²) in [4.78, 5) is 12.8. The maximum Gasteiger partial charge on any atom is 0.263 e. The topological polar surface area (TPSA) is 88.1 Å². The summed E-state index contributed by atoms with van der Waals surface area (Å²) < 4.78 is 33.0. The molecule has 0 aliphatic heterocycles. The van der Waals surface area contributed by atoms with Crippen LogP contribution in [0, 0.1) is 3.57 Å². The van der Waals surface area contributed by atoms with Gasteiger partial charge in [0, 0.05) is 3.57 Å². The first-order chi connectivity index (χ1) is 15.6. The molecule has 0 radical (unpaired) electrons. The molecule has 3 aromatic carbocycles. The molecule has 33 heavy (non-hydrogen) atoms. The summed E-state index contributed by atoms with van der Waals surface area (Å²) in [5.41, 5.74) is 4.29. The summed E-state index contributed by atoms with van der Waals surface area (Å²) >= 11 is 2.21. The Morgan fingerprint density at radius 3 is 2.12 bits per heavy atom. The SMILES string of the molecule is C/C(=N/NC(=O)[C@H](C)N(c1ccc(Oc2ccccc2)cc1)S(C)(=O)=O)c1ccc(I)cc1. The Bertz CT molecular complexity index is 1230. The number of sulfonamides is 1. The lowest BCUT2D eigenvalue weighted by molar-refractivity contribution is -0.121. The fourth-order valence-electron chi connectivity index (χ4n) is 3.08. The second-order valence-electron chi connectivity index (χ2n) is 7.32. The van der Waals surface area contributed by atoms with Crippen LogP contribution in [0.3, 0.4) is 0 Å². The van der Waals surface area contributed by atoms with Gasteiger partial charge in [-0.2, -0.15) is 5.10 Å². The van der Waals surface area contributed by atoms with Gasteiger partial charge in [0.25, 0.3) is 5.91 Å². The number of ether oxygens (including phenoxy) is 1. The molecule has 1 N–H and O–H groups in total. The van der Waals surface area contributed by atoms with Crippen molar-refractivity contribution in [3.05, 3.63) is 88.0 Å². The molecule has 0 saturated carbocycles. The number of nitrogens with one attached hydrogen (secondary N) is 1. The van der Waals surface area contributed by atoms with Crippen LogP contribution in [0.2, 0.25) is 0 Å². The Kier molecular flexibility index (Phi) is 8.09. The number of rotatable bonds is 8. The summed E-state index contributed by atoms with van der Waals surface area (Å²) in [6.07, 6.45) is 1.06. The molecule has 0 saturated heterocycles. The largest absolute Gasteiger partial charge is 0.457 e. The zero-order chi connectivity index (χ0) is 24.0. The highest BCUT2D eigenvalue weighted by Crippen LogP contribution is 2.27. The predicted molar refractivity (Wildman–Crippen MR) is 139 cm³/mol. The minimum atomic E-state index is -3.75. The average molecular weight is 577 g/mol. The van der Waals surface area contributed by atoms with E-state index in [1.54, 1.807) is 31.2 Å². The van der Waals surface area contributed by atoms with Crippen molar-refractivity contribution in [2.24, 2.45) is 5.10 Å². The molecule has 0 aliphatic rings. The smallest absolute Gasteiger partial charge is 0.263 e. The van der Waals surface area contributed by atoms with E-state index in [4.69, 9.17) is 4.74 Å². The van der Waals surface area contributed by atoms with Crippen molar-refractivity contribution in [2.75, 3.05) is 10.6 Å². The van der Waals surface area contributed by atoms with E-state index in [0.717, 1.165) is 19.7 Å². The molecular formula is C24H24IN3O4S. The van der Waals surface area contributed by atoms with Crippen LogP contribution in [0.5, 0.6) is 11.5 Å². The molecule has 1 amide bonds. The third-order valence-corrected chi connectivity index (χ3v) is 6.72. The molecule has 0 unspecified atom stereocenters. The van der Waals surface area contributed by atoms with Crippen LogP contribution in [0.4, 0.5) is 5.69 Å². The van der Waals surface area contributed by atoms with Crippen molar-refractivity contribution in [2.45, 2.75) is 19.9 Å². The van der Waals surface area contributed by atoms with E-state index in [9.17, 15) is 13.2 Å². The Balaban J connectivity index is 1.75. The van der Waals surface area contributed by atoms with Gasteiger partial charge >= 0.3 is 0 Å². The van der Waals surface area contributed by atoms with Gasteiger partial charge in [-0.25, -0.2) is 13.8 Å². The minimum absolute atomic E-state index is 0.346. The first-order valence-corrected chi connectivity index (χ1v) is 13.0. The molecule has 172 valence electrons. The van der Waals surface area contributed by atoms with E-state index in [0.29, 0.717) is 22.9 Å². The molecule has 0 aliphatic carbocycles. The van der Waals surface area contributed by atoms with Crippen LogP contribution in [-0.2, 0) is 14.8 Å². The van der Waals surface area contributed by atoms with Crippen molar-refractivity contribution < 1.29 is 17.9 Å². The first kappa shape index (κ1) is 24.7. The van der Waals surface area contributed by atoms with Gasteiger partial charge in [-0.3, -0.25) is 9.10 Å². The Morgan fingerprint density at radius 1 is 0.970 bits per heavy atom. The van der Waals surface area contributed by atoms with Gasteiger partial charge in [0.15, 0.2) is 0 Å². The summed E-state index contributed by atoms with van der Waals surface area (Å²) in [5.74, 6) is 0.669. The fraction of sp³-hybridized carbons (Fsp3) is 0.167. The zero-order valence-corrected chi connectivity index (χ0v) is 21.4. The number of carbonyl (C=O) groups is 1. The van der Waals surface area contributed by atoms with Crippen molar-refractivity contribution in [1.29, 1.82) is 0 Å². The summed E-state index contributed by atoms with van der Waals surface area (Å²) in [7, 11) is -3.75. The number of hydrogen-bond donors (Lipinski definition) is 1. The molecule has 1 atom stereocenters. The summed E-state index contributed by atoms with van der Waals surface area (Å²) in [6.45, 7) is 3.29. The molecule has 9 heteroatoms. The highest BCUT2D eigenvalue weighted by atomic mass is 127. The van der Waals surface area contributed by atoms with E-state index in [-0.39, 0.29) is 0 Å². The Hall–Kier alpha value is -2.92. The molecule has 3 aromatic rings. The number of amides is 1. The van der Waals surface area contributed by atoms with E-state index < -0.39 is 22.0 Å². The molecule has 0 bridgehead atoms. The molecule has 0 heterocycles. The number of carbonyl (C=O) groups excluding carboxylic acids is 1. The van der Waals surface area contributed by atoms with Crippen molar-refractivity contribution >= 4 is 49.9 Å². The number of benzene rings is 3. The number of halogens is 1. The second kappa shape index (κ2) is 10.8. The first-order valence-electron chi connectivity index (χ1n) is 10.1. The summed E-state index contributed by atoms with van der Waals surface area (Å²) in [6, 6.07) is 22.4. The molecule has 3 rings (SSSR count). The molecular weight excluding hydrogens is 553 g/mol. The van der Waals surface area contributed by atoms with Crippen LogP contribution in [0.1, 0.15) is 19.4 Å². The standard InChI is InChI=1S/C24H24IN3O4S/c1-17(19-9-11-20(25)12-10-19)26-27-24(29)18(2)28(33(3,30)31)21-13-15-23(16-14-21)32-22-7-5-4-6-8-22/h4-16,18H,1-3H3,(H,27,29)/b26-17-/t18-/m0/s1. The van der Waals surface area contributed by atoms with Gasteiger partial charge in [0.1, 0.15) is 17.5 Å². The molecule has 7 nitrogen and oxygen atoms in total. The maximum atomic E-state index is 12.8. The van der Waals surface area contributed by atoms with Crippen molar-refractivity contribution in [3.63, 3.8) is 0 Å². The number of para-hydroxylation sites is 1. The lowest BCUT2D eigenvalue weighted by Gasteiger charge is -2.27. The van der Waals surface area contributed by atoms with Gasteiger partial charge in [-0.05, 0) is 90.5 Å². The van der Waals surface area contributed by atoms with Crippen LogP contribution in [0.25, 0.3) is 0 Å². The average Bonchev–Trinajstić information content (AvgIpc) is 2.78. The van der Waals surface area contributed by atoms with E-state index in [2.05, 4.69) is 33.1 Å². The molecule has 0 fully saturated rings. The van der Waals surface area contributed by atoms with Gasteiger partial charge in [-0.15, -0.1) is 0 Å². The van der Waals surface area contributed by atoms with E-state index in [1.807, 2.05) is 54.6 Å². The highest BCUT2D eigenvalue weighted by molar-refractivity contribution is 14.1. The van der Waals surface area contributed by atoms with Crippen LogP contribution in [-0.4, -0.2) is 32.3 Å². The van der Waals surface area contributed by atoms with Gasteiger partial charge in [-0.1, -0.05) is 30.3 Å². The van der Waals surface area contributed by atoms with Crippen molar-refractivity contribution in [3.8, 4) is 11.5 Å². The normalized spacial score (nSPS) is 12.7. The third kappa shape index (κ3) is 6.78. The predicted octanol–water partition coefficient (Wildman–Crippen LogP) is 4.78. The van der Waals surface area contributed by atoms with Crippen molar-refractivity contribution in [1.82, 2.24) is 5.43 Å². The third-order valence-electron chi connectivity index (χ3n) is 4.75. The monoisotopic (exact) mass is 577 g/mol. The lowest BCUT2D eigenvalue weighted by Crippen LogP contribution is -2.46. The Morgan fingerprint density at radius 2 is 1.55 bits per heavy atom. The molecule has 0 aromatic heterocycles. The number of hydrazone groups is 1. The second-order valence-corrected chi connectivity index (χ2v) is 10.4. The van der Waals surface area contributed by atoms with Crippen LogP contribution in [0.15, 0.2) is 84.0 Å². The zero-order valence-electron chi connectivity index (χ0n) is 18.4. The van der Waals surface area contributed by atoms with Crippen LogP contribution >= 0.6 is 22.6 Å². The number of anilines is 1. The minimum Gasteiger partial charge on any atom is -0.457 e. The van der Waals surface area contributed by atoms with E-state index >= 15 is 0 Å². The van der Waals surface area contributed by atoms with Gasteiger partial charge in [0.05, 0.1) is 17.7 Å².